The Kier molecular flexibility index (Phi) is 9.02. The first-order valence-electron chi connectivity index (χ1n) is 7.66. The van der Waals surface area contributed by atoms with E-state index in [0.29, 0.717) is 6.04 Å². The SMILES string of the molecule is CCCNC(C)(CCCCN(CC)C(C)C)C(N)=O. The highest BCUT2D eigenvalue weighted by atomic mass is 16.1. The molecule has 0 aromatic carbocycles. The highest BCUT2D eigenvalue weighted by Crippen LogP contribution is 2.14. The molecule has 0 rings (SSSR count). The van der Waals surface area contributed by atoms with Gasteiger partial charge in [0.15, 0.2) is 0 Å². The first kappa shape index (κ1) is 18.4. The lowest BCUT2D eigenvalue weighted by atomic mass is 9.93. The predicted octanol–water partition coefficient (Wildman–Crippen LogP) is 2.13. The van der Waals surface area contributed by atoms with Crippen molar-refractivity contribution in [2.75, 3.05) is 19.6 Å². The highest BCUT2D eigenvalue weighted by Gasteiger charge is 2.29. The molecule has 0 spiro atoms. The van der Waals surface area contributed by atoms with E-state index >= 15 is 0 Å². The van der Waals surface area contributed by atoms with Crippen molar-refractivity contribution in [2.24, 2.45) is 5.73 Å². The third kappa shape index (κ3) is 6.92. The van der Waals surface area contributed by atoms with E-state index in [2.05, 4.69) is 37.9 Å². The van der Waals surface area contributed by atoms with Gasteiger partial charge in [0.1, 0.15) is 0 Å². The van der Waals surface area contributed by atoms with Crippen LogP contribution < -0.4 is 11.1 Å². The Bertz CT molecular complexity index is 256. The molecule has 4 nitrogen and oxygen atoms in total. The van der Waals surface area contributed by atoms with Gasteiger partial charge >= 0.3 is 0 Å². The highest BCUT2D eigenvalue weighted by molar-refractivity contribution is 5.84. The number of hydrogen-bond acceptors (Lipinski definition) is 3. The molecule has 0 aromatic rings. The van der Waals surface area contributed by atoms with Crippen LogP contribution in [0, 0.1) is 0 Å². The summed E-state index contributed by atoms with van der Waals surface area (Å²) < 4.78 is 0. The van der Waals surface area contributed by atoms with Crippen LogP contribution in [0.3, 0.4) is 0 Å². The summed E-state index contributed by atoms with van der Waals surface area (Å²) in [4.78, 5) is 14.0. The van der Waals surface area contributed by atoms with Gasteiger partial charge in [0.2, 0.25) is 5.91 Å². The molecule has 114 valence electrons. The molecular weight excluding hydrogens is 238 g/mol. The zero-order valence-electron chi connectivity index (χ0n) is 13.5. The second-order valence-electron chi connectivity index (χ2n) is 5.80. The van der Waals surface area contributed by atoms with Crippen molar-refractivity contribution in [1.29, 1.82) is 0 Å². The minimum absolute atomic E-state index is 0.239. The monoisotopic (exact) mass is 271 g/mol. The fraction of sp³-hybridized carbons (Fsp3) is 0.933. The van der Waals surface area contributed by atoms with E-state index in [0.717, 1.165) is 45.3 Å². The summed E-state index contributed by atoms with van der Waals surface area (Å²) in [6.07, 6.45) is 3.97. The van der Waals surface area contributed by atoms with Crippen LogP contribution in [0.5, 0.6) is 0 Å². The van der Waals surface area contributed by atoms with Crippen molar-refractivity contribution in [3.8, 4) is 0 Å². The smallest absolute Gasteiger partial charge is 0.237 e. The van der Waals surface area contributed by atoms with Gasteiger partial charge < -0.3 is 16.0 Å². The quantitative estimate of drug-likeness (QED) is 0.566. The maximum absolute atomic E-state index is 11.6. The van der Waals surface area contributed by atoms with Crippen molar-refractivity contribution >= 4 is 5.91 Å². The fourth-order valence-corrected chi connectivity index (χ4v) is 2.27. The van der Waals surface area contributed by atoms with E-state index in [9.17, 15) is 4.79 Å². The molecule has 0 saturated carbocycles. The maximum Gasteiger partial charge on any atom is 0.237 e. The molecule has 19 heavy (non-hydrogen) atoms. The molecule has 0 radical (unpaired) electrons. The lowest BCUT2D eigenvalue weighted by Crippen LogP contribution is -2.53. The summed E-state index contributed by atoms with van der Waals surface area (Å²) in [6, 6.07) is 0.589. The number of amides is 1. The van der Waals surface area contributed by atoms with Gasteiger partial charge in [-0.15, -0.1) is 0 Å². The summed E-state index contributed by atoms with van der Waals surface area (Å²) in [5.41, 5.74) is 4.97. The first-order valence-corrected chi connectivity index (χ1v) is 7.66. The Morgan fingerprint density at radius 3 is 2.37 bits per heavy atom. The minimum Gasteiger partial charge on any atom is -0.368 e. The Morgan fingerprint density at radius 2 is 1.95 bits per heavy atom. The van der Waals surface area contributed by atoms with Gasteiger partial charge in [-0.05, 0) is 66.1 Å². The number of nitrogens with zero attached hydrogens (tertiary/aromatic N) is 1. The molecule has 0 aromatic heterocycles. The number of carbonyl (C=O) groups is 1. The third-order valence-corrected chi connectivity index (χ3v) is 3.82. The normalized spacial score (nSPS) is 14.9. The van der Waals surface area contributed by atoms with Crippen LogP contribution in [-0.4, -0.2) is 42.0 Å². The molecular formula is C15H33N3O. The molecule has 4 heteroatoms. The summed E-state index contributed by atoms with van der Waals surface area (Å²) in [7, 11) is 0. The molecule has 0 aliphatic carbocycles. The summed E-state index contributed by atoms with van der Waals surface area (Å²) >= 11 is 0. The summed E-state index contributed by atoms with van der Waals surface area (Å²) in [5.74, 6) is -0.239. The molecule has 1 unspecified atom stereocenters. The summed E-state index contributed by atoms with van der Waals surface area (Å²) in [5, 5.41) is 3.28. The standard InChI is InChI=1S/C15H33N3O/c1-6-11-17-15(5,14(16)19)10-8-9-12-18(7-2)13(3)4/h13,17H,6-12H2,1-5H3,(H2,16,19). The summed E-state index contributed by atoms with van der Waals surface area (Å²) in [6.45, 7) is 13.7. The molecule has 0 aliphatic heterocycles. The average molecular weight is 271 g/mol. The molecule has 0 fully saturated rings. The minimum atomic E-state index is -0.551. The van der Waals surface area contributed by atoms with Gasteiger partial charge in [-0.3, -0.25) is 4.79 Å². The average Bonchev–Trinajstić information content (AvgIpc) is 2.35. The van der Waals surface area contributed by atoms with Crippen molar-refractivity contribution in [3.63, 3.8) is 0 Å². The van der Waals surface area contributed by atoms with Crippen LogP contribution in [0.2, 0.25) is 0 Å². The molecule has 0 aliphatic rings. The Morgan fingerprint density at radius 1 is 1.32 bits per heavy atom. The second kappa shape index (κ2) is 9.32. The molecule has 1 atom stereocenters. The Labute approximate surface area is 119 Å². The Hall–Kier alpha value is -0.610. The number of unbranched alkanes of at least 4 members (excludes halogenated alkanes) is 1. The maximum atomic E-state index is 11.6. The van der Waals surface area contributed by atoms with Crippen molar-refractivity contribution in [2.45, 2.75) is 71.9 Å². The molecule has 1 amide bonds. The molecule has 0 heterocycles. The second-order valence-corrected chi connectivity index (χ2v) is 5.80. The van der Waals surface area contributed by atoms with Crippen LogP contribution in [0.25, 0.3) is 0 Å². The molecule has 3 N–H and O–H groups in total. The lowest BCUT2D eigenvalue weighted by molar-refractivity contribution is -0.124. The van der Waals surface area contributed by atoms with Gasteiger partial charge in [-0.2, -0.15) is 0 Å². The number of primary amides is 1. The van der Waals surface area contributed by atoms with Crippen LogP contribution >= 0.6 is 0 Å². The number of hydrogen-bond donors (Lipinski definition) is 2. The van der Waals surface area contributed by atoms with Crippen molar-refractivity contribution < 1.29 is 4.79 Å². The van der Waals surface area contributed by atoms with Gasteiger partial charge in [0, 0.05) is 6.04 Å². The van der Waals surface area contributed by atoms with Gasteiger partial charge in [0.05, 0.1) is 5.54 Å². The lowest BCUT2D eigenvalue weighted by Gasteiger charge is -2.29. The molecule has 0 saturated heterocycles. The van der Waals surface area contributed by atoms with E-state index in [1.807, 2.05) is 6.92 Å². The predicted molar refractivity (Wildman–Crippen MR) is 82.1 cm³/mol. The number of rotatable bonds is 11. The van der Waals surface area contributed by atoms with E-state index in [1.165, 1.54) is 0 Å². The van der Waals surface area contributed by atoms with Gasteiger partial charge in [0.25, 0.3) is 0 Å². The third-order valence-electron chi connectivity index (χ3n) is 3.82. The number of carbonyl (C=O) groups excluding carboxylic acids is 1. The first-order chi connectivity index (χ1) is 8.87. The number of nitrogens with two attached hydrogens (primary N) is 1. The van der Waals surface area contributed by atoms with Crippen molar-refractivity contribution in [1.82, 2.24) is 10.2 Å². The zero-order chi connectivity index (χ0) is 14.9. The topological polar surface area (TPSA) is 58.4 Å². The van der Waals surface area contributed by atoms with Gasteiger partial charge in [-0.1, -0.05) is 13.8 Å². The molecule has 0 bridgehead atoms. The Balaban J connectivity index is 4.09. The van der Waals surface area contributed by atoms with Crippen LogP contribution in [0.1, 0.15) is 60.3 Å². The van der Waals surface area contributed by atoms with Crippen molar-refractivity contribution in [3.05, 3.63) is 0 Å². The number of nitrogens with one attached hydrogen (secondary N) is 1. The van der Waals surface area contributed by atoms with E-state index < -0.39 is 5.54 Å². The van der Waals surface area contributed by atoms with Crippen LogP contribution in [0.15, 0.2) is 0 Å². The van der Waals surface area contributed by atoms with Crippen LogP contribution in [0.4, 0.5) is 0 Å². The van der Waals surface area contributed by atoms with Crippen LogP contribution in [-0.2, 0) is 4.79 Å². The largest absolute Gasteiger partial charge is 0.368 e. The van der Waals surface area contributed by atoms with Gasteiger partial charge in [-0.25, -0.2) is 0 Å². The van der Waals surface area contributed by atoms with E-state index in [-0.39, 0.29) is 5.91 Å². The fourth-order valence-electron chi connectivity index (χ4n) is 2.27. The van der Waals surface area contributed by atoms with E-state index in [1.54, 1.807) is 0 Å². The zero-order valence-corrected chi connectivity index (χ0v) is 13.5. The van der Waals surface area contributed by atoms with E-state index in [4.69, 9.17) is 5.73 Å².